The van der Waals surface area contributed by atoms with Gasteiger partial charge in [-0.05, 0) is 24.3 Å². The Hall–Kier alpha value is -3.23. The van der Waals surface area contributed by atoms with Crippen LogP contribution < -0.4 is 5.32 Å². The number of carbonyl (C=O) groups excluding carboxylic acids is 1. The molecule has 9 nitrogen and oxygen atoms in total. The number of unbranched alkanes of at least 4 members (excludes halogenated alkanes) is 1. The lowest BCUT2D eigenvalue weighted by Crippen LogP contribution is -2.46. The van der Waals surface area contributed by atoms with Gasteiger partial charge in [0.2, 0.25) is 5.91 Å². The zero-order chi connectivity index (χ0) is 22.1. The van der Waals surface area contributed by atoms with E-state index >= 15 is 0 Å². The van der Waals surface area contributed by atoms with Gasteiger partial charge in [-0.2, -0.15) is 0 Å². The number of benzene rings is 1. The SMILES string of the molecule is CCCCC(C(=O)NC(Cc1cnc[nH]1)C(=O)O)C(C)Cc1ccc([N+](=O)[O-])cc1. The van der Waals surface area contributed by atoms with Gasteiger partial charge in [0, 0.05) is 36.4 Å². The van der Waals surface area contributed by atoms with Gasteiger partial charge >= 0.3 is 5.97 Å². The summed E-state index contributed by atoms with van der Waals surface area (Å²) < 4.78 is 0. The van der Waals surface area contributed by atoms with Crippen LogP contribution >= 0.6 is 0 Å². The van der Waals surface area contributed by atoms with Crippen molar-refractivity contribution in [3.05, 3.63) is 58.2 Å². The van der Waals surface area contributed by atoms with Crippen LogP contribution in [0.15, 0.2) is 36.8 Å². The molecule has 0 saturated heterocycles. The normalized spacial score (nSPS) is 13.9. The van der Waals surface area contributed by atoms with Gasteiger partial charge in [-0.25, -0.2) is 9.78 Å². The second-order valence-corrected chi connectivity index (χ2v) is 7.53. The van der Waals surface area contributed by atoms with E-state index in [9.17, 15) is 24.8 Å². The molecule has 0 bridgehead atoms. The number of H-pyrrole nitrogens is 1. The van der Waals surface area contributed by atoms with Crippen molar-refractivity contribution < 1.29 is 19.6 Å². The number of imidazole rings is 1. The van der Waals surface area contributed by atoms with Crippen LogP contribution in [0.1, 0.15) is 44.4 Å². The maximum atomic E-state index is 13.0. The molecule has 162 valence electrons. The van der Waals surface area contributed by atoms with Crippen molar-refractivity contribution in [1.82, 2.24) is 15.3 Å². The molecule has 0 aliphatic heterocycles. The highest BCUT2D eigenvalue weighted by Gasteiger charge is 2.29. The van der Waals surface area contributed by atoms with E-state index in [1.807, 2.05) is 13.8 Å². The van der Waals surface area contributed by atoms with Crippen LogP contribution in [0.3, 0.4) is 0 Å². The summed E-state index contributed by atoms with van der Waals surface area (Å²) >= 11 is 0. The van der Waals surface area contributed by atoms with E-state index in [4.69, 9.17) is 0 Å². The summed E-state index contributed by atoms with van der Waals surface area (Å²) in [6.07, 6.45) is 6.11. The molecule has 0 aliphatic rings. The first kappa shape index (κ1) is 23.1. The minimum atomic E-state index is -1.10. The van der Waals surface area contributed by atoms with Crippen molar-refractivity contribution in [2.75, 3.05) is 0 Å². The van der Waals surface area contributed by atoms with Crippen LogP contribution in [0.25, 0.3) is 0 Å². The standard InChI is InChI=1S/C21H28N4O5/c1-3-4-5-18(14(2)10-15-6-8-17(9-7-15)25(29)30)20(26)24-19(21(27)28)11-16-12-22-13-23-16/h6-9,12-14,18-19H,3-5,10-11H2,1-2H3,(H,22,23)(H,24,26)(H,27,28). The number of hydrogen-bond acceptors (Lipinski definition) is 5. The Morgan fingerprint density at radius 1 is 1.27 bits per heavy atom. The molecule has 0 aliphatic carbocycles. The fourth-order valence-electron chi connectivity index (χ4n) is 3.46. The molecule has 2 rings (SSSR count). The minimum absolute atomic E-state index is 0.0229. The number of rotatable bonds is 12. The molecule has 3 atom stereocenters. The van der Waals surface area contributed by atoms with E-state index in [-0.39, 0.29) is 29.9 Å². The van der Waals surface area contributed by atoms with Crippen molar-refractivity contribution in [3.8, 4) is 0 Å². The molecule has 9 heteroatoms. The topological polar surface area (TPSA) is 138 Å². The highest BCUT2D eigenvalue weighted by Crippen LogP contribution is 2.24. The van der Waals surface area contributed by atoms with Crippen molar-refractivity contribution in [2.24, 2.45) is 11.8 Å². The van der Waals surface area contributed by atoms with Gasteiger partial charge in [-0.1, -0.05) is 38.8 Å². The van der Waals surface area contributed by atoms with Crippen LogP contribution in [-0.2, 0) is 22.4 Å². The zero-order valence-corrected chi connectivity index (χ0v) is 17.2. The second kappa shape index (κ2) is 11.1. The number of non-ortho nitro benzene ring substituents is 1. The van der Waals surface area contributed by atoms with E-state index < -0.39 is 16.9 Å². The lowest BCUT2D eigenvalue weighted by atomic mass is 9.84. The first-order valence-electron chi connectivity index (χ1n) is 10.1. The highest BCUT2D eigenvalue weighted by molar-refractivity contribution is 5.85. The zero-order valence-electron chi connectivity index (χ0n) is 17.2. The van der Waals surface area contributed by atoms with Gasteiger partial charge in [0.1, 0.15) is 6.04 Å². The molecule has 1 heterocycles. The van der Waals surface area contributed by atoms with Crippen molar-refractivity contribution in [1.29, 1.82) is 0 Å². The monoisotopic (exact) mass is 416 g/mol. The van der Waals surface area contributed by atoms with Gasteiger partial charge in [0.25, 0.3) is 5.69 Å². The molecule has 0 spiro atoms. The van der Waals surface area contributed by atoms with Gasteiger partial charge in [-0.15, -0.1) is 0 Å². The van der Waals surface area contributed by atoms with Gasteiger partial charge < -0.3 is 15.4 Å². The third-order valence-corrected chi connectivity index (χ3v) is 5.19. The number of hydrogen-bond donors (Lipinski definition) is 3. The second-order valence-electron chi connectivity index (χ2n) is 7.53. The highest BCUT2D eigenvalue weighted by atomic mass is 16.6. The molecule has 2 aromatic rings. The van der Waals surface area contributed by atoms with Gasteiger partial charge in [0.05, 0.1) is 11.3 Å². The van der Waals surface area contributed by atoms with Gasteiger partial charge in [0.15, 0.2) is 0 Å². The van der Waals surface area contributed by atoms with Crippen LogP contribution in [0.4, 0.5) is 5.69 Å². The number of aromatic nitrogens is 2. The summed E-state index contributed by atoms with van der Waals surface area (Å²) in [4.78, 5) is 41.7. The summed E-state index contributed by atoms with van der Waals surface area (Å²) in [6.45, 7) is 3.99. The van der Waals surface area contributed by atoms with E-state index in [1.54, 1.807) is 12.1 Å². The number of aromatic amines is 1. The number of carboxylic acid groups (broad SMARTS) is 1. The molecule has 1 aromatic heterocycles. The van der Waals surface area contributed by atoms with Gasteiger partial charge in [-0.3, -0.25) is 14.9 Å². The lowest BCUT2D eigenvalue weighted by Gasteiger charge is -2.25. The summed E-state index contributed by atoms with van der Waals surface area (Å²) in [6, 6.07) is 5.25. The number of nitrogens with zero attached hydrogens (tertiary/aromatic N) is 2. The van der Waals surface area contributed by atoms with Crippen LogP contribution in [0.2, 0.25) is 0 Å². The molecule has 1 amide bonds. The molecule has 3 unspecified atom stereocenters. The number of nitrogens with one attached hydrogen (secondary N) is 2. The van der Waals surface area contributed by atoms with Crippen molar-refractivity contribution >= 4 is 17.6 Å². The number of carboxylic acids is 1. The number of nitro groups is 1. The third kappa shape index (κ3) is 6.68. The Morgan fingerprint density at radius 3 is 2.50 bits per heavy atom. The molecule has 30 heavy (non-hydrogen) atoms. The quantitative estimate of drug-likeness (QED) is 0.359. The first-order chi connectivity index (χ1) is 14.3. The van der Waals surface area contributed by atoms with Crippen LogP contribution in [-0.4, -0.2) is 37.9 Å². The number of aliphatic carboxylic acids is 1. The molecular formula is C21H28N4O5. The summed E-state index contributed by atoms with van der Waals surface area (Å²) in [5.74, 6) is -1.80. The van der Waals surface area contributed by atoms with Crippen molar-refractivity contribution in [2.45, 2.75) is 52.0 Å². The molecule has 0 saturated carbocycles. The Labute approximate surface area is 175 Å². The third-order valence-electron chi connectivity index (χ3n) is 5.19. The Kier molecular flexibility index (Phi) is 8.52. The largest absolute Gasteiger partial charge is 0.480 e. The molecule has 3 N–H and O–H groups in total. The number of amides is 1. The summed E-state index contributed by atoms with van der Waals surface area (Å²) in [5, 5.41) is 23.0. The fraction of sp³-hybridized carbons (Fsp3) is 0.476. The Morgan fingerprint density at radius 2 is 1.97 bits per heavy atom. The molecule has 0 fully saturated rings. The fourth-order valence-corrected chi connectivity index (χ4v) is 3.46. The van der Waals surface area contributed by atoms with E-state index in [0.717, 1.165) is 18.4 Å². The molecule has 1 aromatic carbocycles. The molecule has 0 radical (unpaired) electrons. The average molecular weight is 416 g/mol. The predicted molar refractivity (Wildman–Crippen MR) is 111 cm³/mol. The maximum Gasteiger partial charge on any atom is 0.326 e. The first-order valence-corrected chi connectivity index (χ1v) is 10.1. The summed E-state index contributed by atoms with van der Waals surface area (Å²) in [5.41, 5.74) is 1.55. The van der Waals surface area contributed by atoms with E-state index in [2.05, 4.69) is 15.3 Å². The number of carbonyl (C=O) groups is 2. The Balaban J connectivity index is 2.08. The van der Waals surface area contributed by atoms with E-state index in [1.165, 1.54) is 24.7 Å². The summed E-state index contributed by atoms with van der Waals surface area (Å²) in [7, 11) is 0. The predicted octanol–water partition coefficient (Wildman–Crippen LogP) is 3.12. The lowest BCUT2D eigenvalue weighted by molar-refractivity contribution is -0.384. The average Bonchev–Trinajstić information content (AvgIpc) is 3.21. The molecular weight excluding hydrogens is 388 g/mol. The van der Waals surface area contributed by atoms with Crippen molar-refractivity contribution in [3.63, 3.8) is 0 Å². The minimum Gasteiger partial charge on any atom is -0.480 e. The maximum absolute atomic E-state index is 13.0. The van der Waals surface area contributed by atoms with Crippen LogP contribution in [0.5, 0.6) is 0 Å². The van der Waals surface area contributed by atoms with Crippen LogP contribution in [0, 0.1) is 22.0 Å². The van der Waals surface area contributed by atoms with E-state index in [0.29, 0.717) is 18.5 Å². The smallest absolute Gasteiger partial charge is 0.326 e. The Bertz CT molecular complexity index is 836. The number of nitro benzene ring substituents is 1.